The van der Waals surface area contributed by atoms with Gasteiger partial charge in [-0.2, -0.15) is 0 Å². The second kappa shape index (κ2) is 18.0. The van der Waals surface area contributed by atoms with Crippen molar-refractivity contribution in [2.75, 3.05) is 13.1 Å². The van der Waals surface area contributed by atoms with Crippen molar-refractivity contribution in [1.82, 2.24) is 25.9 Å². The summed E-state index contributed by atoms with van der Waals surface area (Å²) in [4.78, 5) is 62.3. The quantitative estimate of drug-likeness (QED) is 0.0508. The molecule has 0 bridgehead atoms. The molecule has 2 aromatic rings. The molecule has 13 N–H and O–H groups in total. The third-order valence-electron chi connectivity index (χ3n) is 6.39. The van der Waals surface area contributed by atoms with Gasteiger partial charge in [0.25, 0.3) is 0 Å². The average molecular weight is 587 g/mol. The Balaban J connectivity index is 2.20. The van der Waals surface area contributed by atoms with Crippen LogP contribution in [0.4, 0.5) is 0 Å². The third-order valence-corrected chi connectivity index (χ3v) is 6.39. The van der Waals surface area contributed by atoms with E-state index in [0.717, 1.165) is 0 Å². The molecule has 0 fully saturated rings. The molecule has 0 aliphatic rings. The highest BCUT2D eigenvalue weighted by Crippen LogP contribution is 2.08. The second-order valence-corrected chi connectivity index (χ2v) is 9.83. The van der Waals surface area contributed by atoms with Gasteiger partial charge in [0.2, 0.25) is 17.7 Å². The first-order valence-corrected chi connectivity index (χ1v) is 13.8. The van der Waals surface area contributed by atoms with E-state index in [1.54, 1.807) is 30.3 Å². The summed E-state index contributed by atoms with van der Waals surface area (Å²) in [7, 11) is 0. The largest absolute Gasteiger partial charge is 0.480 e. The van der Waals surface area contributed by atoms with Crippen molar-refractivity contribution in [3.63, 3.8) is 0 Å². The first-order chi connectivity index (χ1) is 20.1. The Morgan fingerprint density at radius 1 is 0.881 bits per heavy atom. The number of nitrogens with one attached hydrogen (secondary N) is 4. The molecule has 0 saturated heterocycles. The topological polar surface area (TPSA) is 270 Å². The lowest BCUT2D eigenvalue weighted by Gasteiger charge is -2.25. The number of aromatic nitrogens is 2. The Morgan fingerprint density at radius 2 is 1.55 bits per heavy atom. The highest BCUT2D eigenvalue weighted by molar-refractivity contribution is 5.94. The predicted octanol–water partition coefficient (Wildman–Crippen LogP) is -1.76. The van der Waals surface area contributed by atoms with Crippen LogP contribution in [-0.2, 0) is 32.0 Å². The highest BCUT2D eigenvalue weighted by Gasteiger charge is 2.30. The van der Waals surface area contributed by atoms with E-state index in [4.69, 9.17) is 22.9 Å². The zero-order valence-corrected chi connectivity index (χ0v) is 23.5. The van der Waals surface area contributed by atoms with Crippen molar-refractivity contribution in [1.29, 1.82) is 0 Å². The molecule has 3 amide bonds. The number of benzene rings is 1. The number of carbonyl (C=O) groups excluding carboxylic acids is 3. The van der Waals surface area contributed by atoms with E-state index >= 15 is 0 Å². The number of nitrogens with two attached hydrogens (primary N) is 4. The average Bonchev–Trinajstić information content (AvgIpc) is 3.47. The number of carboxylic acid groups (broad SMARTS) is 1. The number of aliphatic carboxylic acids is 1. The van der Waals surface area contributed by atoms with E-state index in [9.17, 15) is 24.3 Å². The maximum atomic E-state index is 13.5. The number of H-pyrrole nitrogens is 1. The summed E-state index contributed by atoms with van der Waals surface area (Å²) in [5.41, 5.74) is 23.5. The zero-order chi connectivity index (χ0) is 30.9. The molecule has 2 rings (SSSR count). The monoisotopic (exact) mass is 586 g/mol. The molecule has 1 heterocycles. The van der Waals surface area contributed by atoms with Gasteiger partial charge < -0.3 is 49.0 Å². The van der Waals surface area contributed by atoms with Crippen molar-refractivity contribution < 1.29 is 24.3 Å². The molecule has 0 spiro atoms. The smallest absolute Gasteiger partial charge is 0.326 e. The minimum Gasteiger partial charge on any atom is -0.480 e. The number of unbranched alkanes of at least 4 members (excludes halogenated alkanes) is 1. The van der Waals surface area contributed by atoms with E-state index < -0.39 is 47.9 Å². The van der Waals surface area contributed by atoms with Gasteiger partial charge in [-0.05, 0) is 37.8 Å². The van der Waals surface area contributed by atoms with Gasteiger partial charge in [-0.3, -0.25) is 19.4 Å². The number of aromatic amines is 1. The van der Waals surface area contributed by atoms with Crippen LogP contribution in [0.2, 0.25) is 0 Å². The van der Waals surface area contributed by atoms with Crippen LogP contribution < -0.4 is 38.9 Å². The number of carbonyl (C=O) groups is 4. The van der Waals surface area contributed by atoms with E-state index in [0.29, 0.717) is 43.5 Å². The molecular formula is C27H42N10O5. The molecule has 1 aromatic heterocycles. The van der Waals surface area contributed by atoms with Crippen LogP contribution in [0.1, 0.15) is 43.4 Å². The fourth-order valence-electron chi connectivity index (χ4n) is 4.11. The lowest BCUT2D eigenvalue weighted by Crippen LogP contribution is -2.57. The Kier molecular flexibility index (Phi) is 14.5. The normalized spacial score (nSPS) is 13.7. The molecule has 1 aromatic carbocycles. The van der Waals surface area contributed by atoms with Crippen LogP contribution in [0.15, 0.2) is 47.8 Å². The van der Waals surface area contributed by atoms with E-state index in [-0.39, 0.29) is 31.8 Å². The SMILES string of the molecule is NCCCCC(N)C(=O)NC(CCCN=C(N)N)C(=O)NC(Cc1cnc[nH]1)C(=O)NC(Cc1ccccc1)C(=O)O. The van der Waals surface area contributed by atoms with E-state index in [2.05, 4.69) is 30.9 Å². The van der Waals surface area contributed by atoms with Crippen LogP contribution in [0, 0.1) is 0 Å². The van der Waals surface area contributed by atoms with E-state index in [1.807, 2.05) is 0 Å². The summed E-state index contributed by atoms with van der Waals surface area (Å²) in [5.74, 6) is -3.24. The number of imidazole rings is 1. The Hall–Kier alpha value is -4.50. The minimum absolute atomic E-state index is 0.0114. The Labute approximate surface area is 244 Å². The zero-order valence-electron chi connectivity index (χ0n) is 23.5. The van der Waals surface area contributed by atoms with Crippen molar-refractivity contribution in [3.05, 3.63) is 54.1 Å². The van der Waals surface area contributed by atoms with Gasteiger partial charge >= 0.3 is 5.97 Å². The van der Waals surface area contributed by atoms with Crippen LogP contribution >= 0.6 is 0 Å². The lowest BCUT2D eigenvalue weighted by atomic mass is 10.0. The van der Waals surface area contributed by atoms with Crippen LogP contribution in [0.25, 0.3) is 0 Å². The number of nitrogens with zero attached hydrogens (tertiary/aromatic N) is 2. The molecule has 0 aliphatic heterocycles. The molecule has 42 heavy (non-hydrogen) atoms. The minimum atomic E-state index is -1.25. The van der Waals surface area contributed by atoms with Gasteiger partial charge in [0.1, 0.15) is 18.1 Å². The molecule has 0 saturated carbocycles. The molecule has 0 aliphatic carbocycles. The number of hydrogen-bond acceptors (Lipinski definition) is 8. The van der Waals surface area contributed by atoms with Crippen molar-refractivity contribution in [3.8, 4) is 0 Å². The molecule has 4 atom stereocenters. The first kappa shape index (κ1) is 33.7. The number of carboxylic acids is 1. The van der Waals surface area contributed by atoms with Gasteiger partial charge in [0.15, 0.2) is 5.96 Å². The fraction of sp³-hybridized carbons (Fsp3) is 0.481. The number of rotatable bonds is 19. The van der Waals surface area contributed by atoms with Crippen molar-refractivity contribution in [2.45, 2.75) is 69.1 Å². The second-order valence-electron chi connectivity index (χ2n) is 9.83. The maximum absolute atomic E-state index is 13.5. The molecule has 230 valence electrons. The van der Waals surface area contributed by atoms with Crippen molar-refractivity contribution >= 4 is 29.7 Å². The maximum Gasteiger partial charge on any atom is 0.326 e. The van der Waals surface area contributed by atoms with Gasteiger partial charge in [0.05, 0.1) is 12.4 Å². The van der Waals surface area contributed by atoms with Crippen LogP contribution in [0.5, 0.6) is 0 Å². The number of guanidine groups is 1. The molecule has 15 nitrogen and oxygen atoms in total. The Bertz CT molecular complexity index is 1160. The van der Waals surface area contributed by atoms with Gasteiger partial charge in [-0.1, -0.05) is 36.8 Å². The summed E-state index contributed by atoms with van der Waals surface area (Å²) < 4.78 is 0. The summed E-state index contributed by atoms with van der Waals surface area (Å²) in [6.07, 6.45) is 5.15. The van der Waals surface area contributed by atoms with Gasteiger partial charge in [-0.15, -0.1) is 0 Å². The van der Waals surface area contributed by atoms with E-state index in [1.165, 1.54) is 12.5 Å². The number of aliphatic imine (C=N–C) groups is 1. The van der Waals surface area contributed by atoms with Gasteiger partial charge in [0, 0.05) is 31.3 Å². The fourth-order valence-corrected chi connectivity index (χ4v) is 4.11. The molecule has 15 heteroatoms. The summed E-state index contributed by atoms with van der Waals surface area (Å²) >= 11 is 0. The number of hydrogen-bond donors (Lipinski definition) is 9. The predicted molar refractivity (Wildman–Crippen MR) is 157 cm³/mol. The van der Waals surface area contributed by atoms with Crippen LogP contribution in [-0.4, -0.2) is 82.0 Å². The Morgan fingerprint density at radius 3 is 2.17 bits per heavy atom. The first-order valence-electron chi connectivity index (χ1n) is 13.8. The van der Waals surface area contributed by atoms with Crippen LogP contribution in [0.3, 0.4) is 0 Å². The lowest BCUT2D eigenvalue weighted by molar-refractivity contribution is -0.142. The summed E-state index contributed by atoms with van der Waals surface area (Å²) in [6.45, 7) is 0.681. The molecule has 0 radical (unpaired) electrons. The summed E-state index contributed by atoms with van der Waals surface area (Å²) in [5, 5.41) is 17.6. The van der Waals surface area contributed by atoms with Gasteiger partial charge in [-0.25, -0.2) is 9.78 Å². The summed E-state index contributed by atoms with van der Waals surface area (Å²) in [6, 6.07) is 4.48. The molecular weight excluding hydrogens is 544 g/mol. The standard InChI is InChI=1S/C27H42N10O5/c28-11-5-4-9-19(29)23(38)35-20(10-6-12-33-27(30)31)24(39)36-21(14-18-15-32-16-34-18)25(40)37-22(26(41)42)13-17-7-2-1-3-8-17/h1-3,7-8,15-16,19-22H,4-6,9-14,28-29H2,(H,32,34)(H,35,38)(H,36,39)(H,37,40)(H,41,42)(H4,30,31,33). The molecule has 4 unspecified atom stereocenters. The van der Waals surface area contributed by atoms with Crippen molar-refractivity contribution in [2.24, 2.45) is 27.9 Å². The third kappa shape index (κ3) is 12.3. The number of amides is 3. The highest BCUT2D eigenvalue weighted by atomic mass is 16.4.